The normalized spacial score (nSPS) is 41.3. The number of aromatic nitrogens is 2. The Balaban J connectivity index is 1.36. The Morgan fingerprint density at radius 3 is 2.69 bits per heavy atom. The number of nitrogens with zero attached hydrogens (tertiary/aromatic N) is 2. The van der Waals surface area contributed by atoms with Crippen LogP contribution in [-0.4, -0.2) is 9.55 Å². The molecule has 0 saturated heterocycles. The minimum atomic E-state index is 0.286. The molecular formula is C27H34N2. The molecule has 2 fully saturated rings. The third-order valence-corrected chi connectivity index (χ3v) is 9.60. The molecule has 4 unspecified atom stereocenters. The summed E-state index contributed by atoms with van der Waals surface area (Å²) < 4.78 is 2.41. The first-order valence-electron chi connectivity index (χ1n) is 11.8. The molecule has 0 N–H and O–H groups in total. The van der Waals surface area contributed by atoms with Crippen LogP contribution in [-0.2, 0) is 0 Å². The summed E-state index contributed by atoms with van der Waals surface area (Å²) in [6, 6.07) is 8.60. The lowest BCUT2D eigenvalue weighted by Gasteiger charge is -2.57. The number of imidazole rings is 1. The number of allylic oxidation sites excluding steroid dienone is 4. The Bertz CT molecular complexity index is 1030. The van der Waals surface area contributed by atoms with Gasteiger partial charge in [-0.3, -0.25) is 0 Å². The highest BCUT2D eigenvalue weighted by Crippen LogP contribution is 2.66. The van der Waals surface area contributed by atoms with Crippen molar-refractivity contribution in [2.45, 2.75) is 65.7 Å². The predicted molar refractivity (Wildman–Crippen MR) is 120 cm³/mol. The van der Waals surface area contributed by atoms with Crippen LogP contribution < -0.4 is 0 Å². The Morgan fingerprint density at radius 1 is 0.966 bits per heavy atom. The lowest BCUT2D eigenvalue weighted by Crippen LogP contribution is -2.49. The summed E-state index contributed by atoms with van der Waals surface area (Å²) >= 11 is 0. The van der Waals surface area contributed by atoms with Crippen LogP contribution in [0.1, 0.15) is 65.7 Å². The molecule has 1 heterocycles. The summed E-state index contributed by atoms with van der Waals surface area (Å²) in [6.07, 6.45) is 16.8. The molecule has 6 atom stereocenters. The second-order valence-electron chi connectivity index (χ2n) is 11.0. The third kappa shape index (κ3) is 2.38. The average Bonchev–Trinajstić information content (AvgIpc) is 3.29. The van der Waals surface area contributed by atoms with Gasteiger partial charge < -0.3 is 4.57 Å². The predicted octanol–water partition coefficient (Wildman–Crippen LogP) is 7.09. The van der Waals surface area contributed by atoms with Gasteiger partial charge in [-0.25, -0.2) is 4.98 Å². The maximum atomic E-state index is 4.70. The third-order valence-electron chi connectivity index (χ3n) is 9.60. The molecule has 0 bridgehead atoms. The smallest absolute Gasteiger partial charge is 0.100 e. The van der Waals surface area contributed by atoms with Crippen molar-refractivity contribution in [3.8, 4) is 0 Å². The molecule has 0 spiro atoms. The van der Waals surface area contributed by atoms with Gasteiger partial charge in [0.1, 0.15) is 6.33 Å². The van der Waals surface area contributed by atoms with Crippen molar-refractivity contribution >= 4 is 16.7 Å². The molecule has 2 nitrogen and oxygen atoms in total. The van der Waals surface area contributed by atoms with Crippen molar-refractivity contribution in [2.24, 2.45) is 34.5 Å². The van der Waals surface area contributed by atoms with Crippen molar-refractivity contribution in [1.82, 2.24) is 9.55 Å². The van der Waals surface area contributed by atoms with Gasteiger partial charge in [-0.15, -0.1) is 0 Å². The molecule has 2 aromatic rings. The molecule has 4 aliphatic carbocycles. The number of fused-ring (bicyclic) bond motifs is 6. The van der Waals surface area contributed by atoms with E-state index in [0.29, 0.717) is 5.41 Å². The van der Waals surface area contributed by atoms with E-state index >= 15 is 0 Å². The Kier molecular flexibility index (Phi) is 3.78. The first-order chi connectivity index (χ1) is 14.0. The molecule has 1 aromatic heterocycles. The largest absolute Gasteiger partial charge is 0.302 e. The number of hydrogen-bond donors (Lipinski definition) is 0. The van der Waals surface area contributed by atoms with E-state index in [9.17, 15) is 0 Å². The highest BCUT2D eigenvalue weighted by Gasteiger charge is 2.56. The van der Waals surface area contributed by atoms with Crippen molar-refractivity contribution in [1.29, 1.82) is 0 Å². The molecule has 0 amide bonds. The van der Waals surface area contributed by atoms with Crippen LogP contribution in [0.5, 0.6) is 0 Å². The first kappa shape index (κ1) is 18.0. The fourth-order valence-corrected chi connectivity index (χ4v) is 7.91. The molecule has 2 heteroatoms. The van der Waals surface area contributed by atoms with Gasteiger partial charge in [0.15, 0.2) is 0 Å². The fourth-order valence-electron chi connectivity index (χ4n) is 7.91. The van der Waals surface area contributed by atoms with Crippen LogP contribution in [0.15, 0.2) is 48.3 Å². The maximum Gasteiger partial charge on any atom is 0.100 e. The second kappa shape index (κ2) is 6.09. The average molecular weight is 387 g/mol. The quantitative estimate of drug-likeness (QED) is 0.479. The summed E-state index contributed by atoms with van der Waals surface area (Å²) in [4.78, 5) is 4.70. The van der Waals surface area contributed by atoms with E-state index in [0.717, 1.165) is 29.2 Å². The molecular weight excluding hydrogens is 352 g/mol. The van der Waals surface area contributed by atoms with Crippen molar-refractivity contribution in [2.75, 3.05) is 0 Å². The summed E-state index contributed by atoms with van der Waals surface area (Å²) in [5.41, 5.74) is 6.47. The van der Waals surface area contributed by atoms with Crippen LogP contribution in [0.25, 0.3) is 16.7 Å². The Morgan fingerprint density at radius 2 is 1.79 bits per heavy atom. The molecule has 2 saturated carbocycles. The summed E-state index contributed by atoms with van der Waals surface area (Å²) in [5.74, 6) is 3.40. The molecule has 6 rings (SSSR count). The summed E-state index contributed by atoms with van der Waals surface area (Å²) in [5, 5.41) is 0. The van der Waals surface area contributed by atoms with Gasteiger partial charge >= 0.3 is 0 Å². The zero-order valence-corrected chi connectivity index (χ0v) is 18.2. The van der Waals surface area contributed by atoms with Gasteiger partial charge in [-0.1, -0.05) is 50.6 Å². The number of hydrogen-bond acceptors (Lipinski definition) is 1. The standard InChI is InChI=1S/C27H34N2/c1-18-12-14-26(2)19(16-18)8-9-20-21-10-11-25(27(21,3)15-13-22(20)26)29-17-28-23-6-4-5-7-24(23)29/h4-8,11,17-18,20-22H,9-10,12-16H2,1-3H3/t18?,20?,21?,22?,26-,27-/m0/s1. The van der Waals surface area contributed by atoms with Crippen LogP contribution in [0.4, 0.5) is 0 Å². The van der Waals surface area contributed by atoms with E-state index in [4.69, 9.17) is 4.98 Å². The Hall–Kier alpha value is -1.83. The lowest BCUT2D eigenvalue weighted by atomic mass is 9.47. The van der Waals surface area contributed by atoms with Gasteiger partial charge in [0.05, 0.1) is 11.0 Å². The molecule has 0 aliphatic heterocycles. The maximum absolute atomic E-state index is 4.70. The monoisotopic (exact) mass is 386 g/mol. The van der Waals surface area contributed by atoms with Crippen LogP contribution >= 0.6 is 0 Å². The molecule has 152 valence electrons. The van der Waals surface area contributed by atoms with Crippen molar-refractivity contribution < 1.29 is 0 Å². The molecule has 0 radical (unpaired) electrons. The minimum absolute atomic E-state index is 0.286. The zero-order chi connectivity index (χ0) is 19.8. The highest BCUT2D eigenvalue weighted by molar-refractivity contribution is 5.80. The lowest BCUT2D eigenvalue weighted by molar-refractivity contribution is -0.0150. The van der Waals surface area contributed by atoms with Gasteiger partial charge in [0.2, 0.25) is 0 Å². The van der Waals surface area contributed by atoms with E-state index in [1.54, 1.807) is 0 Å². The van der Waals surface area contributed by atoms with E-state index in [2.05, 4.69) is 68.1 Å². The molecule has 1 aromatic carbocycles. The first-order valence-corrected chi connectivity index (χ1v) is 11.8. The summed E-state index contributed by atoms with van der Waals surface area (Å²) in [6.45, 7) is 7.63. The van der Waals surface area contributed by atoms with Crippen LogP contribution in [0, 0.1) is 34.5 Å². The second-order valence-corrected chi connectivity index (χ2v) is 11.0. The van der Waals surface area contributed by atoms with Gasteiger partial charge in [-0.2, -0.15) is 0 Å². The van der Waals surface area contributed by atoms with E-state index < -0.39 is 0 Å². The SMILES string of the molecule is CC1CC[C@@]2(C)C(=CCC3C2CC[C@]2(C)C(n4cnc5ccccc54)=CCC32)C1. The number of rotatable bonds is 1. The topological polar surface area (TPSA) is 17.8 Å². The fraction of sp³-hybridized carbons (Fsp3) is 0.593. The molecule has 29 heavy (non-hydrogen) atoms. The number of benzene rings is 1. The molecule has 4 aliphatic rings. The van der Waals surface area contributed by atoms with Gasteiger partial charge in [0, 0.05) is 11.1 Å². The van der Waals surface area contributed by atoms with Gasteiger partial charge in [0.25, 0.3) is 0 Å². The number of para-hydroxylation sites is 2. The van der Waals surface area contributed by atoms with Crippen molar-refractivity contribution in [3.63, 3.8) is 0 Å². The highest BCUT2D eigenvalue weighted by atomic mass is 15.1. The summed E-state index contributed by atoms with van der Waals surface area (Å²) in [7, 11) is 0. The van der Waals surface area contributed by atoms with Crippen LogP contribution in [0.2, 0.25) is 0 Å². The Labute approximate surface area is 175 Å². The van der Waals surface area contributed by atoms with Gasteiger partial charge in [-0.05, 0) is 86.2 Å². The van der Waals surface area contributed by atoms with Crippen molar-refractivity contribution in [3.05, 3.63) is 48.3 Å². The van der Waals surface area contributed by atoms with E-state index in [1.807, 2.05) is 5.57 Å². The van der Waals surface area contributed by atoms with E-state index in [1.165, 1.54) is 56.2 Å². The zero-order valence-electron chi connectivity index (χ0n) is 18.2. The van der Waals surface area contributed by atoms with Crippen LogP contribution in [0.3, 0.4) is 0 Å². The van der Waals surface area contributed by atoms with E-state index in [-0.39, 0.29) is 5.41 Å². The minimum Gasteiger partial charge on any atom is -0.302 e.